The van der Waals surface area contributed by atoms with Crippen molar-refractivity contribution in [1.29, 1.82) is 0 Å². The summed E-state index contributed by atoms with van der Waals surface area (Å²) in [4.78, 5) is 37.3. The Bertz CT molecular complexity index is 574. The molecule has 0 unspecified atom stereocenters. The van der Waals surface area contributed by atoms with Crippen LogP contribution in [0.4, 0.5) is 4.79 Å². The van der Waals surface area contributed by atoms with Gasteiger partial charge in [-0.1, -0.05) is 39.8 Å². The van der Waals surface area contributed by atoms with E-state index in [2.05, 4.69) is 50.5 Å². The van der Waals surface area contributed by atoms with Crippen LogP contribution >= 0.6 is 0 Å². The summed E-state index contributed by atoms with van der Waals surface area (Å²) in [5, 5.41) is 5.68. The molecule has 30 heavy (non-hydrogen) atoms. The number of ether oxygens (including phenoxy) is 2. The van der Waals surface area contributed by atoms with Gasteiger partial charge in [-0.25, -0.2) is 9.59 Å². The molecular weight excluding hydrogens is 384 g/mol. The molecule has 1 rings (SSSR count). The minimum atomic E-state index is -0.677. The highest BCUT2D eigenvalue weighted by molar-refractivity contribution is 5.86. The number of rotatable bonds is 5. The van der Waals surface area contributed by atoms with Crippen LogP contribution in [0.5, 0.6) is 0 Å². The average molecular weight is 425 g/mol. The number of allylic oxidation sites excluding steroid dienone is 2. The summed E-state index contributed by atoms with van der Waals surface area (Å²) in [5.41, 5.74) is 0. The van der Waals surface area contributed by atoms with E-state index in [0.29, 0.717) is 57.1 Å². The summed E-state index contributed by atoms with van der Waals surface area (Å²) in [7, 11) is 1.33. The zero-order chi connectivity index (χ0) is 22.5. The lowest BCUT2D eigenvalue weighted by atomic mass is 9.81. The fourth-order valence-electron chi connectivity index (χ4n) is 3.65. The van der Waals surface area contributed by atoms with Crippen molar-refractivity contribution in [3.8, 4) is 0 Å². The maximum Gasteiger partial charge on any atom is 0.407 e. The van der Waals surface area contributed by atoms with Gasteiger partial charge in [-0.2, -0.15) is 0 Å². The fraction of sp³-hybridized carbons (Fsp3) is 0.783. The molecule has 3 atom stereocenters. The number of hydrogen-bond donors (Lipinski definition) is 2. The molecule has 0 saturated carbocycles. The number of esters is 1. The SMILES string of the molecule is COC(=O)[C@@H]1CCCCNC(=O)OCCC[C@H](C=CC(C)C)[C@@H](CC(C)C)C(=O)N1. The quantitative estimate of drug-likeness (QED) is 0.517. The van der Waals surface area contributed by atoms with Crippen molar-refractivity contribution in [3.63, 3.8) is 0 Å². The van der Waals surface area contributed by atoms with Gasteiger partial charge >= 0.3 is 12.1 Å². The molecule has 0 spiro atoms. The lowest BCUT2D eigenvalue weighted by molar-refractivity contribution is -0.146. The second-order valence-electron chi connectivity index (χ2n) is 8.81. The minimum Gasteiger partial charge on any atom is -0.467 e. The molecule has 1 aliphatic rings. The van der Waals surface area contributed by atoms with Crippen molar-refractivity contribution in [3.05, 3.63) is 12.2 Å². The van der Waals surface area contributed by atoms with Crippen LogP contribution in [-0.4, -0.2) is 44.3 Å². The Hall–Kier alpha value is -2.05. The second kappa shape index (κ2) is 14.0. The monoisotopic (exact) mass is 424 g/mol. The van der Waals surface area contributed by atoms with Crippen molar-refractivity contribution in [2.75, 3.05) is 20.3 Å². The van der Waals surface area contributed by atoms with E-state index < -0.39 is 18.1 Å². The molecular formula is C23H40N2O5. The number of cyclic esters (lactones) is 1. The maximum absolute atomic E-state index is 13.3. The lowest BCUT2D eigenvalue weighted by Gasteiger charge is -2.28. The summed E-state index contributed by atoms with van der Waals surface area (Å²) in [5.74, 6) is -0.0956. The molecule has 1 heterocycles. The predicted molar refractivity (Wildman–Crippen MR) is 117 cm³/mol. The summed E-state index contributed by atoms with van der Waals surface area (Å²) >= 11 is 0. The van der Waals surface area contributed by atoms with Crippen LogP contribution < -0.4 is 10.6 Å². The van der Waals surface area contributed by atoms with Gasteiger partial charge in [-0.05, 0) is 56.3 Å². The Balaban J connectivity index is 3.12. The van der Waals surface area contributed by atoms with E-state index >= 15 is 0 Å². The van der Waals surface area contributed by atoms with Crippen molar-refractivity contribution in [1.82, 2.24) is 10.6 Å². The van der Waals surface area contributed by atoms with Crippen LogP contribution in [0.15, 0.2) is 12.2 Å². The number of methoxy groups -OCH3 is 1. The van der Waals surface area contributed by atoms with Gasteiger partial charge in [0, 0.05) is 12.5 Å². The van der Waals surface area contributed by atoms with Crippen LogP contribution in [0, 0.1) is 23.7 Å². The molecule has 2 amide bonds. The van der Waals surface area contributed by atoms with E-state index in [1.54, 1.807) is 0 Å². The first-order valence-corrected chi connectivity index (χ1v) is 11.2. The van der Waals surface area contributed by atoms with Gasteiger partial charge in [0.25, 0.3) is 0 Å². The molecule has 2 N–H and O–H groups in total. The molecule has 1 saturated heterocycles. The lowest BCUT2D eigenvalue weighted by Crippen LogP contribution is -2.46. The van der Waals surface area contributed by atoms with Gasteiger partial charge in [-0.15, -0.1) is 0 Å². The highest BCUT2D eigenvalue weighted by Crippen LogP contribution is 2.27. The van der Waals surface area contributed by atoms with Gasteiger partial charge < -0.3 is 20.1 Å². The molecule has 172 valence electrons. The van der Waals surface area contributed by atoms with Gasteiger partial charge in [0.1, 0.15) is 6.04 Å². The average Bonchev–Trinajstić information content (AvgIpc) is 2.69. The van der Waals surface area contributed by atoms with E-state index in [4.69, 9.17) is 9.47 Å². The number of hydrogen-bond acceptors (Lipinski definition) is 5. The Morgan fingerprint density at radius 1 is 1.17 bits per heavy atom. The van der Waals surface area contributed by atoms with Crippen LogP contribution in [0.1, 0.15) is 66.2 Å². The minimum absolute atomic E-state index is 0.00452. The molecule has 7 heteroatoms. The van der Waals surface area contributed by atoms with Gasteiger partial charge in [-0.3, -0.25) is 4.79 Å². The van der Waals surface area contributed by atoms with E-state index in [0.717, 1.165) is 6.42 Å². The number of alkyl carbamates (subject to hydrolysis) is 1. The fourth-order valence-corrected chi connectivity index (χ4v) is 3.65. The zero-order valence-corrected chi connectivity index (χ0v) is 19.2. The van der Waals surface area contributed by atoms with Gasteiger partial charge in [0.2, 0.25) is 5.91 Å². The van der Waals surface area contributed by atoms with Crippen molar-refractivity contribution >= 4 is 18.0 Å². The number of carbonyl (C=O) groups is 3. The first-order valence-electron chi connectivity index (χ1n) is 11.2. The van der Waals surface area contributed by atoms with Gasteiger partial charge in [0.05, 0.1) is 13.7 Å². The Morgan fingerprint density at radius 2 is 1.90 bits per heavy atom. The Kier molecular flexibility index (Phi) is 12.2. The normalized spacial score (nSPS) is 25.2. The predicted octanol–water partition coefficient (Wildman–Crippen LogP) is 3.83. The van der Waals surface area contributed by atoms with Crippen molar-refractivity contribution in [2.45, 2.75) is 72.3 Å². The highest BCUT2D eigenvalue weighted by Gasteiger charge is 2.31. The Labute approximate surface area is 181 Å². The van der Waals surface area contributed by atoms with E-state index in [1.807, 2.05) is 0 Å². The summed E-state index contributed by atoms with van der Waals surface area (Å²) in [6.07, 6.45) is 7.75. The molecule has 0 bridgehead atoms. The van der Waals surface area contributed by atoms with E-state index in [1.165, 1.54) is 7.11 Å². The van der Waals surface area contributed by atoms with E-state index in [9.17, 15) is 14.4 Å². The highest BCUT2D eigenvalue weighted by atomic mass is 16.5. The first-order chi connectivity index (χ1) is 14.2. The van der Waals surface area contributed by atoms with Crippen LogP contribution in [0.3, 0.4) is 0 Å². The van der Waals surface area contributed by atoms with Crippen molar-refractivity contribution < 1.29 is 23.9 Å². The third kappa shape index (κ3) is 10.1. The van der Waals surface area contributed by atoms with E-state index in [-0.39, 0.29) is 17.7 Å². The molecule has 7 nitrogen and oxygen atoms in total. The number of nitrogens with one attached hydrogen (secondary N) is 2. The van der Waals surface area contributed by atoms with Crippen molar-refractivity contribution in [2.24, 2.45) is 23.7 Å². The standard InChI is InChI=1S/C23H40N2O5/c1-16(2)11-12-18-9-8-14-30-23(28)24-13-7-6-10-20(22(27)29-5)25-21(26)19(18)15-17(3)4/h11-12,16-20H,6-10,13-15H2,1-5H3,(H,24,28)(H,25,26)/t18-,19-,20+/m1/s1. The maximum atomic E-state index is 13.3. The van der Waals surface area contributed by atoms with Crippen LogP contribution in [0.2, 0.25) is 0 Å². The summed E-state index contributed by atoms with van der Waals surface area (Å²) < 4.78 is 10.2. The molecule has 0 aliphatic carbocycles. The summed E-state index contributed by atoms with van der Waals surface area (Å²) in [6, 6.07) is -0.677. The molecule has 0 aromatic heterocycles. The number of amides is 2. The second-order valence-corrected chi connectivity index (χ2v) is 8.81. The zero-order valence-electron chi connectivity index (χ0n) is 19.2. The number of carbonyl (C=O) groups excluding carboxylic acids is 3. The third-order valence-electron chi connectivity index (χ3n) is 5.23. The topological polar surface area (TPSA) is 93.7 Å². The third-order valence-corrected chi connectivity index (χ3v) is 5.23. The molecule has 0 aromatic rings. The van der Waals surface area contributed by atoms with Crippen LogP contribution in [-0.2, 0) is 19.1 Å². The molecule has 1 aliphatic heterocycles. The molecule has 0 aromatic carbocycles. The summed E-state index contributed by atoms with van der Waals surface area (Å²) in [6.45, 7) is 9.17. The Morgan fingerprint density at radius 3 is 2.53 bits per heavy atom. The smallest absolute Gasteiger partial charge is 0.407 e. The molecule has 0 radical (unpaired) electrons. The van der Waals surface area contributed by atoms with Gasteiger partial charge in [0.15, 0.2) is 0 Å². The van der Waals surface area contributed by atoms with Crippen LogP contribution in [0.25, 0.3) is 0 Å². The first kappa shape index (κ1) is 26.0. The largest absolute Gasteiger partial charge is 0.467 e. The molecule has 1 fully saturated rings.